The highest BCUT2D eigenvalue weighted by Gasteiger charge is 2.26. The number of carbonyl (C=O) groups is 1. The number of carbonyl (C=O) groups excluding carboxylic acids is 1. The number of benzene rings is 1. The van der Waals surface area contributed by atoms with E-state index in [-0.39, 0.29) is 5.91 Å². The van der Waals surface area contributed by atoms with E-state index >= 15 is 0 Å². The fourth-order valence-corrected chi connectivity index (χ4v) is 3.89. The van der Waals surface area contributed by atoms with Gasteiger partial charge in [-0.05, 0) is 60.2 Å². The minimum atomic E-state index is -0.0393. The van der Waals surface area contributed by atoms with Crippen LogP contribution in [0.4, 0.5) is 11.6 Å². The molecule has 0 saturated heterocycles. The van der Waals surface area contributed by atoms with Gasteiger partial charge in [0.2, 0.25) is 5.95 Å². The fourth-order valence-electron chi connectivity index (χ4n) is 3.89. The Balaban J connectivity index is 1.45. The van der Waals surface area contributed by atoms with Crippen LogP contribution in [-0.4, -0.2) is 47.6 Å². The predicted molar refractivity (Wildman–Crippen MR) is 110 cm³/mol. The molecule has 0 atom stereocenters. The molecule has 10 heteroatoms. The first-order chi connectivity index (χ1) is 14.6. The SMILES string of the molecule is Cc1c(-c2ccnc(Nc3ccc(-c4nnn[nH]4)cc3)n2)c(C)n2c1C(=O)NCC2. The second-order valence-corrected chi connectivity index (χ2v) is 7.06. The average molecular weight is 401 g/mol. The van der Waals surface area contributed by atoms with Gasteiger partial charge >= 0.3 is 0 Å². The summed E-state index contributed by atoms with van der Waals surface area (Å²) in [7, 11) is 0. The molecule has 0 spiro atoms. The number of anilines is 2. The Bertz CT molecular complexity index is 1230. The Morgan fingerprint density at radius 2 is 1.97 bits per heavy atom. The molecule has 1 aliphatic heterocycles. The number of rotatable bonds is 4. The van der Waals surface area contributed by atoms with Crippen molar-refractivity contribution in [2.24, 2.45) is 0 Å². The number of amides is 1. The Hall–Kier alpha value is -4.08. The zero-order valence-electron chi connectivity index (χ0n) is 16.5. The van der Waals surface area contributed by atoms with Crippen LogP contribution in [0.25, 0.3) is 22.6 Å². The summed E-state index contributed by atoms with van der Waals surface area (Å²) in [6.07, 6.45) is 1.72. The largest absolute Gasteiger partial charge is 0.349 e. The normalized spacial score (nSPS) is 13.1. The van der Waals surface area contributed by atoms with Crippen LogP contribution in [0.5, 0.6) is 0 Å². The Labute approximate surface area is 171 Å². The molecule has 3 N–H and O–H groups in total. The van der Waals surface area contributed by atoms with E-state index < -0.39 is 0 Å². The molecule has 1 aliphatic rings. The second kappa shape index (κ2) is 7.07. The van der Waals surface area contributed by atoms with Crippen LogP contribution in [-0.2, 0) is 6.54 Å². The third-order valence-corrected chi connectivity index (χ3v) is 5.27. The van der Waals surface area contributed by atoms with Crippen LogP contribution in [0.15, 0.2) is 36.5 Å². The van der Waals surface area contributed by atoms with E-state index in [1.165, 1.54) is 0 Å². The molecule has 0 fully saturated rings. The van der Waals surface area contributed by atoms with Crippen LogP contribution < -0.4 is 10.6 Å². The molecule has 0 aliphatic carbocycles. The number of nitrogens with one attached hydrogen (secondary N) is 3. The molecule has 0 bridgehead atoms. The number of hydrogen-bond donors (Lipinski definition) is 3. The summed E-state index contributed by atoms with van der Waals surface area (Å²) in [5.74, 6) is 1.05. The first-order valence-electron chi connectivity index (χ1n) is 9.54. The molecule has 4 aromatic rings. The van der Waals surface area contributed by atoms with Gasteiger partial charge in [0.15, 0.2) is 5.82 Å². The van der Waals surface area contributed by atoms with E-state index in [4.69, 9.17) is 4.98 Å². The summed E-state index contributed by atoms with van der Waals surface area (Å²) in [4.78, 5) is 21.4. The fraction of sp³-hybridized carbons (Fsp3) is 0.200. The number of fused-ring (bicyclic) bond motifs is 1. The van der Waals surface area contributed by atoms with E-state index in [0.29, 0.717) is 24.0 Å². The molecule has 5 rings (SSSR count). The number of tetrazole rings is 1. The van der Waals surface area contributed by atoms with E-state index in [0.717, 1.165) is 40.3 Å². The quantitative estimate of drug-likeness (QED) is 0.479. The van der Waals surface area contributed by atoms with Crippen LogP contribution in [0, 0.1) is 13.8 Å². The lowest BCUT2D eigenvalue weighted by Crippen LogP contribution is -2.35. The summed E-state index contributed by atoms with van der Waals surface area (Å²) in [5.41, 5.74) is 6.14. The number of hydrogen-bond acceptors (Lipinski definition) is 7. The van der Waals surface area contributed by atoms with Crippen molar-refractivity contribution >= 4 is 17.5 Å². The second-order valence-electron chi connectivity index (χ2n) is 7.06. The first-order valence-corrected chi connectivity index (χ1v) is 9.54. The van der Waals surface area contributed by atoms with E-state index in [2.05, 4.69) is 40.8 Å². The Morgan fingerprint density at radius 1 is 1.13 bits per heavy atom. The molecule has 0 radical (unpaired) electrons. The van der Waals surface area contributed by atoms with Crippen molar-refractivity contribution in [3.63, 3.8) is 0 Å². The van der Waals surface area contributed by atoms with Crippen molar-refractivity contribution in [3.8, 4) is 22.6 Å². The molecular weight excluding hydrogens is 382 g/mol. The Kier molecular flexibility index (Phi) is 4.24. The molecule has 10 nitrogen and oxygen atoms in total. The molecule has 4 heterocycles. The molecule has 1 aromatic carbocycles. The average Bonchev–Trinajstić information content (AvgIpc) is 3.37. The third-order valence-electron chi connectivity index (χ3n) is 5.27. The van der Waals surface area contributed by atoms with Crippen molar-refractivity contribution in [3.05, 3.63) is 53.5 Å². The summed E-state index contributed by atoms with van der Waals surface area (Å²) in [6, 6.07) is 9.49. The topological polar surface area (TPSA) is 126 Å². The summed E-state index contributed by atoms with van der Waals surface area (Å²) in [5, 5.41) is 19.9. The van der Waals surface area contributed by atoms with Crippen molar-refractivity contribution in [2.75, 3.05) is 11.9 Å². The zero-order chi connectivity index (χ0) is 20.7. The van der Waals surface area contributed by atoms with Gasteiger partial charge in [0.25, 0.3) is 5.91 Å². The maximum absolute atomic E-state index is 12.3. The molecule has 30 heavy (non-hydrogen) atoms. The highest BCUT2D eigenvalue weighted by Crippen LogP contribution is 2.32. The van der Waals surface area contributed by atoms with E-state index in [1.54, 1.807) is 6.20 Å². The lowest BCUT2D eigenvalue weighted by molar-refractivity contribution is 0.0926. The van der Waals surface area contributed by atoms with Crippen LogP contribution in [0.3, 0.4) is 0 Å². The van der Waals surface area contributed by atoms with Crippen LogP contribution in [0.2, 0.25) is 0 Å². The number of aromatic amines is 1. The predicted octanol–water partition coefficient (Wildman–Crippen LogP) is 2.23. The number of H-pyrrole nitrogens is 1. The van der Waals surface area contributed by atoms with Crippen molar-refractivity contribution in [1.29, 1.82) is 0 Å². The first kappa shape index (κ1) is 18.0. The van der Waals surface area contributed by atoms with Crippen molar-refractivity contribution < 1.29 is 4.79 Å². The maximum atomic E-state index is 12.3. The van der Waals surface area contributed by atoms with Gasteiger partial charge in [-0.2, -0.15) is 0 Å². The van der Waals surface area contributed by atoms with Gasteiger partial charge in [0.1, 0.15) is 5.69 Å². The zero-order valence-corrected chi connectivity index (χ0v) is 16.5. The van der Waals surface area contributed by atoms with Gasteiger partial charge in [0, 0.05) is 41.8 Å². The number of nitrogens with zero attached hydrogens (tertiary/aromatic N) is 6. The van der Waals surface area contributed by atoms with Crippen molar-refractivity contribution in [1.82, 2.24) is 40.5 Å². The molecular formula is C20H19N9O. The summed E-state index contributed by atoms with van der Waals surface area (Å²) >= 11 is 0. The van der Waals surface area contributed by atoms with Gasteiger partial charge in [-0.15, -0.1) is 5.10 Å². The molecule has 0 saturated carbocycles. The van der Waals surface area contributed by atoms with Crippen LogP contribution in [0.1, 0.15) is 21.7 Å². The Morgan fingerprint density at radius 3 is 2.70 bits per heavy atom. The standard InChI is InChI=1S/C20H19N9O/c1-11-16(12(2)29-10-9-21-19(30)17(11)29)15-7-8-22-20(24-15)23-14-5-3-13(4-6-14)18-25-27-28-26-18/h3-8H,9-10H2,1-2H3,(H,21,30)(H,22,23,24)(H,25,26,27,28). The summed E-state index contributed by atoms with van der Waals surface area (Å²) < 4.78 is 2.07. The van der Waals surface area contributed by atoms with Gasteiger partial charge in [-0.25, -0.2) is 15.1 Å². The minimum Gasteiger partial charge on any atom is -0.349 e. The van der Waals surface area contributed by atoms with E-state index in [9.17, 15) is 4.79 Å². The van der Waals surface area contributed by atoms with Crippen molar-refractivity contribution in [2.45, 2.75) is 20.4 Å². The van der Waals surface area contributed by atoms with Gasteiger partial charge in [0.05, 0.1) is 5.69 Å². The lowest BCUT2D eigenvalue weighted by Gasteiger charge is -2.17. The van der Waals surface area contributed by atoms with Gasteiger partial charge in [-0.3, -0.25) is 4.79 Å². The molecule has 150 valence electrons. The lowest BCUT2D eigenvalue weighted by atomic mass is 10.1. The van der Waals surface area contributed by atoms with Gasteiger partial charge in [-0.1, -0.05) is 0 Å². The minimum absolute atomic E-state index is 0.0393. The highest BCUT2D eigenvalue weighted by molar-refractivity contribution is 5.97. The third kappa shape index (κ3) is 2.98. The van der Waals surface area contributed by atoms with E-state index in [1.807, 2.05) is 44.2 Å². The van der Waals surface area contributed by atoms with Crippen LogP contribution >= 0.6 is 0 Å². The molecule has 1 amide bonds. The van der Waals surface area contributed by atoms with Gasteiger partial charge < -0.3 is 15.2 Å². The smallest absolute Gasteiger partial charge is 0.268 e. The maximum Gasteiger partial charge on any atom is 0.268 e. The number of aromatic nitrogens is 7. The molecule has 3 aromatic heterocycles. The summed E-state index contributed by atoms with van der Waals surface area (Å²) in [6.45, 7) is 5.38. The molecule has 0 unspecified atom stereocenters. The highest BCUT2D eigenvalue weighted by atomic mass is 16.2. The monoisotopic (exact) mass is 401 g/mol.